The number of carbonyl (C=O) groups is 1. The molecule has 3 fully saturated rings. The first kappa shape index (κ1) is 15.9. The number of fused-ring (bicyclic) bond motifs is 1. The van der Waals surface area contributed by atoms with Crippen molar-refractivity contribution >= 4 is 15.7 Å². The van der Waals surface area contributed by atoms with Crippen LogP contribution >= 0.6 is 0 Å². The molecule has 1 saturated heterocycles. The minimum Gasteiger partial charge on any atom is -0.344 e. The lowest BCUT2D eigenvalue weighted by Gasteiger charge is -2.29. The molecule has 25 heavy (non-hydrogen) atoms. The van der Waals surface area contributed by atoms with Crippen LogP contribution in [0.3, 0.4) is 0 Å². The van der Waals surface area contributed by atoms with Gasteiger partial charge >= 0.3 is 0 Å². The first-order valence-corrected chi connectivity index (χ1v) is 11.3. The minimum atomic E-state index is -2.87. The van der Waals surface area contributed by atoms with E-state index < -0.39 is 9.84 Å². The topological polar surface area (TPSA) is 83.1 Å². The highest BCUT2D eigenvalue weighted by Gasteiger charge is 2.60. The fourth-order valence-electron chi connectivity index (χ4n) is 4.79. The Kier molecular flexibility index (Phi) is 3.37. The number of sulfone groups is 1. The van der Waals surface area contributed by atoms with Crippen molar-refractivity contribution in [1.82, 2.24) is 14.9 Å². The van der Waals surface area contributed by atoms with Crippen molar-refractivity contribution in [1.29, 1.82) is 0 Å². The Bertz CT molecular complexity index is 811. The molecule has 5 rings (SSSR count). The summed E-state index contributed by atoms with van der Waals surface area (Å²) in [5, 5.41) is 0. The molecular weight excluding hydrogens is 338 g/mol. The second-order valence-corrected chi connectivity index (χ2v) is 10.8. The number of nitrogens with one attached hydrogen (secondary N) is 1. The van der Waals surface area contributed by atoms with E-state index >= 15 is 0 Å². The van der Waals surface area contributed by atoms with E-state index in [0.29, 0.717) is 25.3 Å². The summed E-state index contributed by atoms with van der Waals surface area (Å²) >= 11 is 0. The van der Waals surface area contributed by atoms with Crippen LogP contribution in [0.25, 0.3) is 0 Å². The Balaban J connectivity index is 1.26. The van der Waals surface area contributed by atoms with Gasteiger partial charge in [0.05, 0.1) is 29.4 Å². The van der Waals surface area contributed by atoms with Crippen LogP contribution in [-0.2, 0) is 27.6 Å². The number of nitrogens with zero attached hydrogens (tertiary/aromatic N) is 2. The molecular formula is C18H25N3O3S. The van der Waals surface area contributed by atoms with Crippen LogP contribution in [0, 0.1) is 11.3 Å². The van der Waals surface area contributed by atoms with Crippen LogP contribution < -0.4 is 0 Å². The van der Waals surface area contributed by atoms with E-state index in [9.17, 15) is 13.2 Å². The summed E-state index contributed by atoms with van der Waals surface area (Å²) in [6.07, 6.45) is 6.78. The maximum atomic E-state index is 13.0. The van der Waals surface area contributed by atoms with Gasteiger partial charge in [0, 0.05) is 24.8 Å². The quantitative estimate of drug-likeness (QED) is 0.868. The van der Waals surface area contributed by atoms with E-state index in [2.05, 4.69) is 4.98 Å². The van der Waals surface area contributed by atoms with E-state index in [-0.39, 0.29) is 28.7 Å². The zero-order valence-electron chi connectivity index (χ0n) is 14.5. The molecule has 2 aliphatic carbocycles. The van der Waals surface area contributed by atoms with Crippen molar-refractivity contribution in [2.75, 3.05) is 18.1 Å². The van der Waals surface area contributed by atoms with Gasteiger partial charge in [-0.1, -0.05) is 6.42 Å². The number of carbonyl (C=O) groups excluding carboxylic acids is 1. The second kappa shape index (κ2) is 5.32. The van der Waals surface area contributed by atoms with Gasteiger partial charge in [-0.3, -0.25) is 4.79 Å². The van der Waals surface area contributed by atoms with Crippen LogP contribution in [0.15, 0.2) is 0 Å². The predicted octanol–water partition coefficient (Wildman–Crippen LogP) is 1.78. The summed E-state index contributed by atoms with van der Waals surface area (Å²) in [4.78, 5) is 23.2. The van der Waals surface area contributed by atoms with Crippen molar-refractivity contribution in [3.63, 3.8) is 0 Å². The summed E-state index contributed by atoms with van der Waals surface area (Å²) in [7, 11) is -2.87. The zero-order valence-corrected chi connectivity index (χ0v) is 15.3. The summed E-state index contributed by atoms with van der Waals surface area (Å²) in [6.45, 7) is 1.38. The second-order valence-electron chi connectivity index (χ2n) is 8.46. The van der Waals surface area contributed by atoms with Gasteiger partial charge in [0.1, 0.15) is 15.7 Å². The molecule has 0 aromatic carbocycles. The summed E-state index contributed by atoms with van der Waals surface area (Å²) in [5.41, 5.74) is 2.23. The number of rotatable bonds is 2. The van der Waals surface area contributed by atoms with Gasteiger partial charge in [-0.25, -0.2) is 13.4 Å². The maximum absolute atomic E-state index is 13.0. The predicted molar refractivity (Wildman–Crippen MR) is 92.7 cm³/mol. The summed E-state index contributed by atoms with van der Waals surface area (Å²) in [6, 6.07) is 0. The van der Waals surface area contributed by atoms with Crippen molar-refractivity contribution in [2.24, 2.45) is 11.3 Å². The largest absolute Gasteiger partial charge is 0.344 e. The van der Waals surface area contributed by atoms with Gasteiger partial charge in [0.15, 0.2) is 0 Å². The lowest BCUT2D eigenvalue weighted by molar-refractivity contribution is -0.134. The number of aromatic amines is 1. The van der Waals surface area contributed by atoms with Crippen molar-refractivity contribution in [3.05, 3.63) is 17.2 Å². The normalized spacial score (nSPS) is 29.9. The van der Waals surface area contributed by atoms with E-state index in [4.69, 9.17) is 4.98 Å². The smallest absolute Gasteiger partial charge is 0.226 e. The van der Waals surface area contributed by atoms with Gasteiger partial charge in [0.25, 0.3) is 0 Å². The van der Waals surface area contributed by atoms with Gasteiger partial charge < -0.3 is 9.88 Å². The molecule has 2 aliphatic heterocycles. The Labute approximate surface area is 148 Å². The Hall–Kier alpha value is -1.37. The van der Waals surface area contributed by atoms with Crippen LogP contribution in [0.1, 0.15) is 61.7 Å². The lowest BCUT2D eigenvalue weighted by atomic mass is 9.85. The third-order valence-electron chi connectivity index (χ3n) is 6.96. The van der Waals surface area contributed by atoms with Crippen LogP contribution in [0.2, 0.25) is 0 Å². The first-order chi connectivity index (χ1) is 12.0. The van der Waals surface area contributed by atoms with Crippen molar-refractivity contribution in [2.45, 2.75) is 57.4 Å². The molecule has 1 atom stereocenters. The molecule has 1 N–H and O–H groups in total. The van der Waals surface area contributed by atoms with E-state index in [1.165, 1.54) is 19.3 Å². The molecule has 1 aromatic heterocycles. The molecule has 136 valence electrons. The molecule has 1 aromatic rings. The molecule has 7 heteroatoms. The van der Waals surface area contributed by atoms with Crippen LogP contribution in [0.5, 0.6) is 0 Å². The van der Waals surface area contributed by atoms with Gasteiger partial charge in [0.2, 0.25) is 5.91 Å². The standard InChI is InChI=1S/C18H25N3O3S/c22-17(13-10-18(13)5-8-25(23,24)9-6-18)21-7-4-14-15(11-21)20-16(19-14)12-2-1-3-12/h12-13H,1-11H2,(H,19,20). The van der Waals surface area contributed by atoms with Crippen LogP contribution in [0.4, 0.5) is 0 Å². The molecule has 1 spiro atoms. The van der Waals surface area contributed by atoms with E-state index in [1.807, 2.05) is 4.90 Å². The molecule has 1 amide bonds. The highest BCUT2D eigenvalue weighted by Crippen LogP contribution is 2.60. The van der Waals surface area contributed by atoms with Gasteiger partial charge in [-0.15, -0.1) is 0 Å². The Morgan fingerprint density at radius 3 is 2.68 bits per heavy atom. The van der Waals surface area contributed by atoms with Gasteiger partial charge in [-0.05, 0) is 37.5 Å². The molecule has 1 unspecified atom stereocenters. The van der Waals surface area contributed by atoms with Crippen molar-refractivity contribution < 1.29 is 13.2 Å². The Morgan fingerprint density at radius 2 is 2.00 bits per heavy atom. The van der Waals surface area contributed by atoms with E-state index in [0.717, 1.165) is 36.6 Å². The van der Waals surface area contributed by atoms with Gasteiger partial charge in [-0.2, -0.15) is 0 Å². The summed E-state index contributed by atoms with van der Waals surface area (Å²) < 4.78 is 23.3. The fraction of sp³-hybridized carbons (Fsp3) is 0.778. The van der Waals surface area contributed by atoms with Crippen LogP contribution in [-0.4, -0.2) is 47.2 Å². The summed E-state index contributed by atoms with van der Waals surface area (Å²) in [5.74, 6) is 2.48. The zero-order chi connectivity index (χ0) is 17.2. The molecule has 2 saturated carbocycles. The maximum Gasteiger partial charge on any atom is 0.226 e. The SMILES string of the molecule is O=C(C1CC12CCS(=O)(=O)CC2)N1CCc2nc(C3CCC3)[nH]c2C1. The number of hydrogen-bond donors (Lipinski definition) is 1. The highest BCUT2D eigenvalue weighted by atomic mass is 32.2. The number of hydrogen-bond acceptors (Lipinski definition) is 4. The molecule has 0 bridgehead atoms. The number of imidazole rings is 1. The monoisotopic (exact) mass is 363 g/mol. The van der Waals surface area contributed by atoms with E-state index in [1.54, 1.807) is 0 Å². The minimum absolute atomic E-state index is 0.0201. The molecule has 6 nitrogen and oxygen atoms in total. The first-order valence-electron chi connectivity index (χ1n) is 9.53. The third kappa shape index (κ3) is 2.62. The lowest BCUT2D eigenvalue weighted by Crippen LogP contribution is -2.39. The van der Waals surface area contributed by atoms with Crippen molar-refractivity contribution in [3.8, 4) is 0 Å². The number of H-pyrrole nitrogens is 1. The fourth-order valence-corrected chi connectivity index (χ4v) is 6.43. The number of aromatic nitrogens is 2. The Morgan fingerprint density at radius 1 is 1.24 bits per heavy atom. The third-order valence-corrected chi connectivity index (χ3v) is 8.62. The molecule has 3 heterocycles. The molecule has 0 radical (unpaired) electrons. The number of amides is 1. The highest BCUT2D eigenvalue weighted by molar-refractivity contribution is 7.91. The average Bonchev–Trinajstić information content (AvgIpc) is 3.09. The molecule has 4 aliphatic rings. The average molecular weight is 363 g/mol.